The van der Waals surface area contributed by atoms with Crippen LogP contribution in [-0.2, 0) is 4.74 Å². The minimum atomic E-state index is -0.182. The monoisotopic (exact) mass is 286 g/mol. The number of amides is 1. The van der Waals surface area contributed by atoms with Crippen molar-refractivity contribution in [2.45, 2.75) is 0 Å². The Morgan fingerprint density at radius 2 is 2.05 bits per heavy atom. The molecular formula is C15H18N4O2. The van der Waals surface area contributed by atoms with E-state index in [1.54, 1.807) is 25.1 Å². The van der Waals surface area contributed by atoms with Crippen LogP contribution in [-0.4, -0.2) is 43.2 Å². The topological polar surface area (TPSA) is 67.3 Å². The maximum atomic E-state index is 12.4. The summed E-state index contributed by atoms with van der Waals surface area (Å²) in [6.45, 7) is 1.19. The van der Waals surface area contributed by atoms with E-state index in [0.29, 0.717) is 24.7 Å². The third kappa shape index (κ3) is 4.00. The number of aromatic nitrogens is 2. The second-order valence-corrected chi connectivity index (χ2v) is 4.41. The highest BCUT2D eigenvalue weighted by molar-refractivity contribution is 6.04. The van der Waals surface area contributed by atoms with Crippen LogP contribution in [0.1, 0.15) is 10.5 Å². The van der Waals surface area contributed by atoms with E-state index in [9.17, 15) is 4.79 Å². The fourth-order valence-electron chi connectivity index (χ4n) is 1.79. The summed E-state index contributed by atoms with van der Waals surface area (Å²) in [7, 11) is 3.35. The Morgan fingerprint density at radius 3 is 2.76 bits per heavy atom. The van der Waals surface area contributed by atoms with Crippen molar-refractivity contribution in [3.05, 3.63) is 48.4 Å². The van der Waals surface area contributed by atoms with Gasteiger partial charge < -0.3 is 15.0 Å². The number of methoxy groups -OCH3 is 1. The third-order valence-electron chi connectivity index (χ3n) is 2.95. The lowest BCUT2D eigenvalue weighted by Gasteiger charge is -2.16. The number of hydrogen-bond acceptors (Lipinski definition) is 5. The first kappa shape index (κ1) is 14.9. The lowest BCUT2D eigenvalue weighted by atomic mass is 10.2. The summed E-state index contributed by atoms with van der Waals surface area (Å²) < 4.78 is 4.96. The maximum absolute atomic E-state index is 12.4. The molecule has 6 nitrogen and oxygen atoms in total. The molecule has 0 spiro atoms. The molecule has 0 atom stereocenters. The van der Waals surface area contributed by atoms with Gasteiger partial charge in [0, 0.05) is 32.5 Å². The number of nitrogens with zero attached hydrogens (tertiary/aromatic N) is 3. The van der Waals surface area contributed by atoms with Gasteiger partial charge in [-0.05, 0) is 12.1 Å². The van der Waals surface area contributed by atoms with Crippen molar-refractivity contribution < 1.29 is 9.53 Å². The summed E-state index contributed by atoms with van der Waals surface area (Å²) in [5, 5.41) is 3.07. The van der Waals surface area contributed by atoms with Crippen LogP contribution in [0.15, 0.2) is 42.7 Å². The smallest absolute Gasteiger partial charge is 0.276 e. The second kappa shape index (κ2) is 7.35. The summed E-state index contributed by atoms with van der Waals surface area (Å²) in [4.78, 5) is 22.1. The Hall–Kier alpha value is -2.47. The van der Waals surface area contributed by atoms with Crippen LogP contribution in [0.25, 0.3) is 0 Å². The van der Waals surface area contributed by atoms with Gasteiger partial charge in [0.25, 0.3) is 5.91 Å². The third-order valence-corrected chi connectivity index (χ3v) is 2.95. The molecule has 0 saturated carbocycles. The van der Waals surface area contributed by atoms with Gasteiger partial charge in [-0.1, -0.05) is 18.2 Å². The quantitative estimate of drug-likeness (QED) is 0.820. The maximum Gasteiger partial charge on any atom is 0.276 e. The molecule has 21 heavy (non-hydrogen) atoms. The minimum Gasteiger partial charge on any atom is -0.383 e. The van der Waals surface area contributed by atoms with Gasteiger partial charge in [-0.15, -0.1) is 0 Å². The molecule has 1 aromatic carbocycles. The Morgan fingerprint density at radius 1 is 1.29 bits per heavy atom. The Labute approximate surface area is 123 Å². The van der Waals surface area contributed by atoms with Crippen LogP contribution in [0.4, 0.5) is 11.5 Å². The highest BCUT2D eigenvalue weighted by Gasteiger charge is 2.15. The second-order valence-electron chi connectivity index (χ2n) is 4.41. The van der Waals surface area contributed by atoms with Gasteiger partial charge in [0.05, 0.1) is 6.61 Å². The number of carbonyl (C=O) groups excluding carboxylic acids is 1. The average Bonchev–Trinajstić information content (AvgIpc) is 2.55. The van der Waals surface area contributed by atoms with Crippen LogP contribution in [0.3, 0.4) is 0 Å². The van der Waals surface area contributed by atoms with Crippen molar-refractivity contribution in [3.63, 3.8) is 0 Å². The standard InChI is InChI=1S/C15H18N4O2/c1-19(12-6-4-3-5-7-12)15(20)13-10-14(18-11-17-13)16-8-9-21-2/h3-7,10-11H,8-9H2,1-2H3,(H,16,17,18). The molecule has 0 aliphatic heterocycles. The van der Waals surface area contributed by atoms with Crippen molar-refractivity contribution in [2.75, 3.05) is 37.5 Å². The molecular weight excluding hydrogens is 268 g/mol. The molecule has 0 radical (unpaired) electrons. The van der Waals surface area contributed by atoms with Gasteiger partial charge in [-0.3, -0.25) is 4.79 Å². The zero-order chi connectivity index (χ0) is 15.1. The van der Waals surface area contributed by atoms with Crippen LogP contribution < -0.4 is 10.2 Å². The van der Waals surface area contributed by atoms with E-state index in [-0.39, 0.29) is 5.91 Å². The van der Waals surface area contributed by atoms with Crippen LogP contribution in [0.5, 0.6) is 0 Å². The first-order valence-corrected chi connectivity index (χ1v) is 6.60. The van der Waals surface area contributed by atoms with E-state index in [2.05, 4.69) is 15.3 Å². The SMILES string of the molecule is COCCNc1cc(C(=O)N(C)c2ccccc2)ncn1. The predicted molar refractivity (Wildman–Crippen MR) is 81.6 cm³/mol. The van der Waals surface area contributed by atoms with Crippen molar-refractivity contribution in [2.24, 2.45) is 0 Å². The van der Waals surface area contributed by atoms with Gasteiger partial charge in [-0.25, -0.2) is 9.97 Å². The molecule has 0 aliphatic rings. The fraction of sp³-hybridized carbons (Fsp3) is 0.267. The van der Waals surface area contributed by atoms with E-state index in [4.69, 9.17) is 4.74 Å². The molecule has 0 saturated heterocycles. The van der Waals surface area contributed by atoms with Crippen molar-refractivity contribution >= 4 is 17.4 Å². The summed E-state index contributed by atoms with van der Waals surface area (Å²) in [6, 6.07) is 11.1. The molecule has 0 unspecified atom stereocenters. The number of ether oxygens (including phenoxy) is 1. The first-order valence-electron chi connectivity index (χ1n) is 6.60. The summed E-state index contributed by atoms with van der Waals surface area (Å²) in [5.41, 5.74) is 1.16. The highest BCUT2D eigenvalue weighted by Crippen LogP contribution is 2.14. The van der Waals surface area contributed by atoms with Crippen LogP contribution in [0.2, 0.25) is 0 Å². The van der Waals surface area contributed by atoms with E-state index in [1.807, 2.05) is 30.3 Å². The van der Waals surface area contributed by atoms with Gasteiger partial charge >= 0.3 is 0 Å². The molecule has 110 valence electrons. The van der Waals surface area contributed by atoms with Gasteiger partial charge in [0.1, 0.15) is 17.8 Å². The Kier molecular flexibility index (Phi) is 5.22. The van der Waals surface area contributed by atoms with Gasteiger partial charge in [0.2, 0.25) is 0 Å². The summed E-state index contributed by atoms with van der Waals surface area (Å²) in [6.07, 6.45) is 1.38. The number of carbonyl (C=O) groups is 1. The number of para-hydroxylation sites is 1. The lowest BCUT2D eigenvalue weighted by Crippen LogP contribution is -2.27. The van der Waals surface area contributed by atoms with Gasteiger partial charge in [-0.2, -0.15) is 0 Å². The normalized spacial score (nSPS) is 10.2. The lowest BCUT2D eigenvalue weighted by molar-refractivity contribution is 0.0988. The number of anilines is 2. The number of hydrogen-bond donors (Lipinski definition) is 1. The molecule has 0 fully saturated rings. The van der Waals surface area contributed by atoms with Gasteiger partial charge in [0.15, 0.2) is 0 Å². The van der Waals surface area contributed by atoms with Crippen LogP contribution >= 0.6 is 0 Å². The largest absolute Gasteiger partial charge is 0.383 e. The molecule has 0 bridgehead atoms. The average molecular weight is 286 g/mol. The highest BCUT2D eigenvalue weighted by atomic mass is 16.5. The van der Waals surface area contributed by atoms with E-state index in [1.165, 1.54) is 6.33 Å². The van der Waals surface area contributed by atoms with Crippen molar-refractivity contribution in [1.82, 2.24) is 9.97 Å². The van der Waals surface area contributed by atoms with E-state index in [0.717, 1.165) is 5.69 Å². The molecule has 1 amide bonds. The van der Waals surface area contributed by atoms with E-state index < -0.39 is 0 Å². The van der Waals surface area contributed by atoms with Crippen molar-refractivity contribution in [1.29, 1.82) is 0 Å². The van der Waals surface area contributed by atoms with Crippen LogP contribution in [0, 0.1) is 0 Å². The van der Waals surface area contributed by atoms with E-state index >= 15 is 0 Å². The zero-order valence-electron chi connectivity index (χ0n) is 12.1. The number of benzene rings is 1. The molecule has 0 aliphatic carbocycles. The fourth-order valence-corrected chi connectivity index (χ4v) is 1.79. The number of nitrogens with one attached hydrogen (secondary N) is 1. The first-order chi connectivity index (χ1) is 10.2. The summed E-state index contributed by atoms with van der Waals surface area (Å²) >= 11 is 0. The molecule has 1 heterocycles. The molecule has 2 aromatic rings. The number of rotatable bonds is 6. The molecule has 2 rings (SSSR count). The van der Waals surface area contributed by atoms with Crippen molar-refractivity contribution in [3.8, 4) is 0 Å². The molecule has 1 aromatic heterocycles. The zero-order valence-corrected chi connectivity index (χ0v) is 12.1. The summed E-state index contributed by atoms with van der Waals surface area (Å²) in [5.74, 6) is 0.422. The minimum absolute atomic E-state index is 0.182. The molecule has 6 heteroatoms. The Balaban J connectivity index is 2.10. The molecule has 1 N–H and O–H groups in total. The predicted octanol–water partition coefficient (Wildman–Crippen LogP) is 1.81. The Bertz CT molecular complexity index is 589.